The summed E-state index contributed by atoms with van der Waals surface area (Å²) in [6.07, 6.45) is 0.995. The van der Waals surface area contributed by atoms with Crippen LogP contribution in [0.25, 0.3) is 0 Å². The van der Waals surface area contributed by atoms with Gasteiger partial charge < -0.3 is 24.9 Å². The van der Waals surface area contributed by atoms with E-state index in [1.165, 1.54) is 6.07 Å². The van der Waals surface area contributed by atoms with Crippen LogP contribution in [0.3, 0.4) is 0 Å². The average molecular weight is 811 g/mol. The van der Waals surface area contributed by atoms with E-state index in [0.29, 0.717) is 36.6 Å². The van der Waals surface area contributed by atoms with Crippen molar-refractivity contribution in [1.29, 1.82) is 5.26 Å². The van der Waals surface area contributed by atoms with E-state index in [4.69, 9.17) is 0 Å². The molecule has 14 heteroatoms. The van der Waals surface area contributed by atoms with Gasteiger partial charge in [-0.3, -0.25) is 24.6 Å². The summed E-state index contributed by atoms with van der Waals surface area (Å²) in [5, 5.41) is 14.9. The molecule has 59 heavy (non-hydrogen) atoms. The predicted octanol–water partition coefficient (Wildman–Crippen LogP) is 6.35. The lowest BCUT2D eigenvalue weighted by Gasteiger charge is -2.40. The molecule has 3 amide bonds. The van der Waals surface area contributed by atoms with Gasteiger partial charge in [0.05, 0.1) is 17.2 Å². The van der Waals surface area contributed by atoms with E-state index in [9.17, 15) is 32.8 Å². The smallest absolute Gasteiger partial charge is 0.374 e. The number of imide groups is 1. The third-order valence-corrected chi connectivity index (χ3v) is 13.4. The first kappa shape index (κ1) is 40.5. The van der Waals surface area contributed by atoms with Gasteiger partial charge in [0, 0.05) is 106 Å². The van der Waals surface area contributed by atoms with Crippen molar-refractivity contribution in [2.75, 3.05) is 85.5 Å². The number of likely N-dealkylation sites (tertiary alicyclic amines) is 1. The molecule has 0 saturated carbocycles. The molecule has 1 unspecified atom stereocenters. The maximum Gasteiger partial charge on any atom is 0.417 e. The molecule has 0 aliphatic carbocycles. The minimum atomic E-state index is -4.58. The molecule has 2 N–H and O–H groups in total. The van der Waals surface area contributed by atoms with E-state index >= 15 is 0 Å². The number of nitrogens with one attached hydrogen (secondary N) is 2. The first-order valence-electron chi connectivity index (χ1n) is 21.1. The number of piperidine rings is 3. The van der Waals surface area contributed by atoms with Crippen molar-refractivity contribution in [3.8, 4) is 6.07 Å². The maximum atomic E-state index is 13.7. The summed E-state index contributed by atoms with van der Waals surface area (Å²) in [7, 11) is 0. The summed E-state index contributed by atoms with van der Waals surface area (Å²) in [6, 6.07) is 21.5. The van der Waals surface area contributed by atoms with E-state index in [1.54, 1.807) is 12.1 Å². The van der Waals surface area contributed by atoms with Gasteiger partial charge in [-0.05, 0) is 117 Å². The van der Waals surface area contributed by atoms with Gasteiger partial charge in [0.15, 0.2) is 0 Å². The Morgan fingerprint density at radius 1 is 0.864 bits per heavy atom. The molecule has 0 radical (unpaired) electrons. The number of hydrogen-bond acceptors (Lipinski definition) is 9. The zero-order valence-corrected chi connectivity index (χ0v) is 33.6. The van der Waals surface area contributed by atoms with Crippen molar-refractivity contribution in [1.82, 2.24) is 15.1 Å². The van der Waals surface area contributed by atoms with Crippen molar-refractivity contribution in [3.05, 3.63) is 83.4 Å². The zero-order chi connectivity index (χ0) is 41.3. The van der Waals surface area contributed by atoms with E-state index in [1.807, 2.05) is 41.3 Å². The molecule has 5 heterocycles. The number of carbonyl (C=O) groups excluding carboxylic acids is 3. The molecule has 5 aliphatic rings. The first-order chi connectivity index (χ1) is 28.4. The van der Waals surface area contributed by atoms with Crippen molar-refractivity contribution in [2.24, 2.45) is 11.3 Å². The van der Waals surface area contributed by atoms with Gasteiger partial charge in [0.1, 0.15) is 6.04 Å². The van der Waals surface area contributed by atoms with Crippen LogP contribution in [0.15, 0.2) is 66.7 Å². The quantitative estimate of drug-likeness (QED) is 0.251. The van der Waals surface area contributed by atoms with Crippen LogP contribution in [-0.2, 0) is 15.8 Å². The molecule has 3 aromatic carbocycles. The Balaban J connectivity index is 0.769. The fourth-order valence-electron chi connectivity index (χ4n) is 10.0. The number of carbonyl (C=O) groups is 3. The summed E-state index contributed by atoms with van der Waals surface area (Å²) in [6.45, 7) is 10.8. The number of rotatable bonds is 8. The average Bonchev–Trinajstić information content (AvgIpc) is 3.56. The number of halogens is 3. The van der Waals surface area contributed by atoms with Crippen molar-refractivity contribution in [3.63, 3.8) is 0 Å². The van der Waals surface area contributed by atoms with Gasteiger partial charge in [-0.2, -0.15) is 18.4 Å². The molecule has 11 nitrogen and oxygen atoms in total. The van der Waals surface area contributed by atoms with Gasteiger partial charge in [0.25, 0.3) is 5.91 Å². The Bertz CT molecular complexity index is 2060. The summed E-state index contributed by atoms with van der Waals surface area (Å²) in [5.41, 5.74) is 3.09. The third kappa shape index (κ3) is 9.00. The molecular weight excluding hydrogens is 758 g/mol. The Labute approximate surface area is 344 Å². The minimum absolute atomic E-state index is 0.0192. The minimum Gasteiger partial charge on any atom is -0.374 e. The maximum absolute atomic E-state index is 13.7. The molecule has 312 valence electrons. The number of amides is 3. The number of nitrogens with zero attached hydrogens (tertiary/aromatic N) is 6. The van der Waals surface area contributed by atoms with E-state index in [0.717, 1.165) is 114 Å². The number of piperazine rings is 1. The Morgan fingerprint density at radius 3 is 2.24 bits per heavy atom. The topological polar surface area (TPSA) is 115 Å². The van der Waals surface area contributed by atoms with Gasteiger partial charge in [-0.15, -0.1) is 0 Å². The Hall–Kier alpha value is -5.29. The zero-order valence-electron chi connectivity index (χ0n) is 33.6. The summed E-state index contributed by atoms with van der Waals surface area (Å²) >= 11 is 0. The number of benzene rings is 3. The fourth-order valence-corrected chi connectivity index (χ4v) is 10.0. The molecule has 0 aromatic heterocycles. The van der Waals surface area contributed by atoms with E-state index in [-0.39, 0.29) is 34.7 Å². The lowest BCUT2D eigenvalue weighted by molar-refractivity contribution is -0.138. The second kappa shape index (κ2) is 16.8. The van der Waals surface area contributed by atoms with Crippen molar-refractivity contribution in [2.45, 2.75) is 70.1 Å². The second-order valence-electron chi connectivity index (χ2n) is 17.3. The van der Waals surface area contributed by atoms with E-state index in [2.05, 4.69) is 49.3 Å². The number of nitriles is 1. The normalized spacial score (nSPS) is 23.0. The summed E-state index contributed by atoms with van der Waals surface area (Å²) in [4.78, 5) is 48.6. The monoisotopic (exact) mass is 810 g/mol. The van der Waals surface area contributed by atoms with Crippen LogP contribution in [-0.4, -0.2) is 105 Å². The third-order valence-electron chi connectivity index (χ3n) is 13.4. The Kier molecular flexibility index (Phi) is 11.5. The van der Waals surface area contributed by atoms with Crippen LogP contribution >= 0.6 is 0 Å². The van der Waals surface area contributed by atoms with Crippen LogP contribution < -0.4 is 25.3 Å². The molecule has 8 rings (SSSR count). The molecule has 5 saturated heterocycles. The molecular formula is C45H53F3N8O3. The van der Waals surface area contributed by atoms with Crippen LogP contribution in [0.2, 0.25) is 0 Å². The highest BCUT2D eigenvalue weighted by Gasteiger charge is 2.45. The molecule has 5 aliphatic heterocycles. The van der Waals surface area contributed by atoms with Crippen molar-refractivity contribution >= 4 is 40.5 Å². The van der Waals surface area contributed by atoms with Crippen molar-refractivity contribution < 1.29 is 27.6 Å². The summed E-state index contributed by atoms with van der Waals surface area (Å²) in [5.74, 6) is 0.133. The highest BCUT2D eigenvalue weighted by atomic mass is 19.4. The predicted molar refractivity (Wildman–Crippen MR) is 221 cm³/mol. The molecule has 5 fully saturated rings. The van der Waals surface area contributed by atoms with E-state index < -0.39 is 17.8 Å². The number of hydrogen-bond donors (Lipinski definition) is 2. The van der Waals surface area contributed by atoms with Gasteiger partial charge in [-0.1, -0.05) is 6.07 Å². The van der Waals surface area contributed by atoms with Crippen LogP contribution in [0.1, 0.15) is 73.4 Å². The van der Waals surface area contributed by atoms with Crippen LogP contribution in [0.4, 0.5) is 35.9 Å². The standard InChI is InChI=1S/C45H53F3N8O3/c1-31-27-44(30-56(31)38-10-7-34(28-49)39(26-38)45(46,47)48)15-19-53(20-16-44)36-8-5-33(6-9-36)43(59)55-17-13-32(14-18-55)29-52-21-23-54(24-22-52)37-4-2-3-35(25-37)50-40-11-12-41(57)51-42(40)58/h2-10,25-26,31-32,40,50H,11-24,27,29-30H2,1H3,(H,51,57,58)/t31-,40?/m0/s1. The highest BCUT2D eigenvalue weighted by Crippen LogP contribution is 2.46. The van der Waals surface area contributed by atoms with Crippen LogP contribution in [0, 0.1) is 22.7 Å². The molecule has 2 atom stereocenters. The van der Waals surface area contributed by atoms with Crippen LogP contribution in [0.5, 0.6) is 0 Å². The number of alkyl halides is 3. The molecule has 1 spiro atoms. The first-order valence-corrected chi connectivity index (χ1v) is 21.1. The Morgan fingerprint density at radius 2 is 1.56 bits per heavy atom. The second-order valence-corrected chi connectivity index (χ2v) is 17.3. The fraction of sp³-hybridized carbons (Fsp3) is 0.511. The molecule has 3 aromatic rings. The largest absolute Gasteiger partial charge is 0.417 e. The highest BCUT2D eigenvalue weighted by molar-refractivity contribution is 6.01. The lowest BCUT2D eigenvalue weighted by atomic mass is 9.76. The lowest BCUT2D eigenvalue weighted by Crippen LogP contribution is -2.49. The van der Waals surface area contributed by atoms with Gasteiger partial charge >= 0.3 is 6.18 Å². The summed E-state index contributed by atoms with van der Waals surface area (Å²) < 4.78 is 41.1. The van der Waals surface area contributed by atoms with Gasteiger partial charge in [0.2, 0.25) is 11.8 Å². The van der Waals surface area contributed by atoms with Gasteiger partial charge in [-0.25, -0.2) is 0 Å². The SMILES string of the molecule is C[C@H]1CC2(CCN(c3ccc(C(=O)N4CCC(CN5CCN(c6cccc(NC7CCC(=O)NC7=O)c6)CC5)CC4)cc3)CC2)CN1c1ccc(C#N)c(C(F)(F)F)c1. The molecule has 0 bridgehead atoms. The number of anilines is 4.